The first kappa shape index (κ1) is 25.1. The van der Waals surface area contributed by atoms with Crippen molar-refractivity contribution in [2.75, 3.05) is 14.2 Å². The third-order valence-electron chi connectivity index (χ3n) is 6.34. The molecule has 0 unspecified atom stereocenters. The van der Waals surface area contributed by atoms with E-state index in [4.69, 9.17) is 18.9 Å². The lowest BCUT2D eigenvalue weighted by molar-refractivity contribution is -0.384. The average Bonchev–Trinajstić information content (AvgIpc) is 3.32. The van der Waals surface area contributed by atoms with Crippen molar-refractivity contribution in [1.29, 1.82) is 0 Å². The molecular formula is C28H23NO8S. The molecule has 0 N–H and O–H groups in total. The summed E-state index contributed by atoms with van der Waals surface area (Å²) in [5.74, 6) is 0.519. The fourth-order valence-electron chi connectivity index (χ4n) is 4.32. The first-order chi connectivity index (χ1) is 18.2. The van der Waals surface area contributed by atoms with Crippen molar-refractivity contribution in [3.05, 3.63) is 112 Å². The van der Waals surface area contributed by atoms with Crippen LogP contribution in [0.15, 0.2) is 94.7 Å². The number of hydrogen-bond donors (Lipinski definition) is 0. The topological polar surface area (TPSA) is 114 Å². The second-order valence-corrected chi connectivity index (χ2v) is 10.5. The molecule has 0 radical (unpaired) electrons. The van der Waals surface area contributed by atoms with Gasteiger partial charge in [0, 0.05) is 29.3 Å². The molecule has 0 atom stereocenters. The molecule has 10 heteroatoms. The summed E-state index contributed by atoms with van der Waals surface area (Å²) in [6, 6.07) is 22.2. The molecule has 0 aromatic heterocycles. The van der Waals surface area contributed by atoms with E-state index in [2.05, 4.69) is 0 Å². The molecule has 0 spiro atoms. The average molecular weight is 534 g/mol. The van der Waals surface area contributed by atoms with Crippen LogP contribution in [-0.2, 0) is 15.6 Å². The number of ether oxygens (including phenoxy) is 4. The predicted octanol–water partition coefficient (Wildman–Crippen LogP) is 5.43. The molecule has 9 nitrogen and oxygen atoms in total. The Bertz CT molecular complexity index is 1570. The van der Waals surface area contributed by atoms with E-state index < -0.39 is 20.5 Å². The number of rotatable bonds is 7. The van der Waals surface area contributed by atoms with E-state index in [0.29, 0.717) is 33.9 Å². The molecule has 38 heavy (non-hydrogen) atoms. The zero-order valence-electron chi connectivity index (χ0n) is 20.7. The molecule has 5 rings (SSSR count). The second-order valence-electron chi connectivity index (χ2n) is 8.60. The van der Waals surface area contributed by atoms with Crippen LogP contribution in [0.1, 0.15) is 16.7 Å². The van der Waals surface area contributed by atoms with Crippen molar-refractivity contribution in [3.63, 3.8) is 0 Å². The van der Waals surface area contributed by atoms with Crippen LogP contribution >= 0.6 is 0 Å². The number of fused-ring (bicyclic) bond motifs is 1. The zero-order chi connectivity index (χ0) is 27.1. The Morgan fingerprint density at radius 1 is 0.763 bits per heavy atom. The van der Waals surface area contributed by atoms with E-state index in [1.165, 1.54) is 18.2 Å². The Hall–Kier alpha value is -4.57. The zero-order valence-corrected chi connectivity index (χ0v) is 21.5. The third-order valence-corrected chi connectivity index (χ3v) is 8.25. The summed E-state index contributed by atoms with van der Waals surface area (Å²) in [4.78, 5) is 10.3. The van der Waals surface area contributed by atoms with Crippen LogP contribution in [-0.4, -0.2) is 27.6 Å². The van der Waals surface area contributed by atoms with Crippen molar-refractivity contribution in [2.45, 2.75) is 22.5 Å². The van der Waals surface area contributed by atoms with Crippen molar-refractivity contribution in [2.24, 2.45) is 0 Å². The highest BCUT2D eigenvalue weighted by atomic mass is 32.2. The summed E-state index contributed by atoms with van der Waals surface area (Å²) < 4.78 is 50.4. The van der Waals surface area contributed by atoms with Gasteiger partial charge >= 0.3 is 5.79 Å². The van der Waals surface area contributed by atoms with E-state index in [-0.39, 0.29) is 21.2 Å². The predicted molar refractivity (Wildman–Crippen MR) is 138 cm³/mol. The van der Waals surface area contributed by atoms with Gasteiger partial charge in [0.2, 0.25) is 9.84 Å². The molecule has 0 fully saturated rings. The number of methoxy groups -OCH3 is 2. The molecule has 4 aromatic carbocycles. The lowest BCUT2D eigenvalue weighted by atomic mass is 9.97. The van der Waals surface area contributed by atoms with Crippen LogP contribution in [0.4, 0.5) is 5.69 Å². The third kappa shape index (κ3) is 4.18. The maximum Gasteiger partial charge on any atom is 0.305 e. The summed E-state index contributed by atoms with van der Waals surface area (Å²) in [6.07, 6.45) is 0. The molecule has 1 aliphatic rings. The number of sulfone groups is 1. The molecular weight excluding hydrogens is 510 g/mol. The van der Waals surface area contributed by atoms with Crippen LogP contribution in [0.25, 0.3) is 0 Å². The number of nitrogens with zero attached hydrogens (tertiary/aromatic N) is 1. The highest BCUT2D eigenvalue weighted by molar-refractivity contribution is 7.91. The summed E-state index contributed by atoms with van der Waals surface area (Å²) in [7, 11) is -0.866. The summed E-state index contributed by atoms with van der Waals surface area (Å²) in [6.45, 7) is 1.66. The Morgan fingerprint density at radius 3 is 1.68 bits per heavy atom. The molecule has 194 valence electrons. The first-order valence-electron chi connectivity index (χ1n) is 11.5. The maximum atomic E-state index is 13.5. The van der Waals surface area contributed by atoms with Crippen molar-refractivity contribution in [1.82, 2.24) is 0 Å². The van der Waals surface area contributed by atoms with E-state index in [9.17, 15) is 18.5 Å². The molecule has 0 bridgehead atoms. The van der Waals surface area contributed by atoms with Crippen molar-refractivity contribution >= 4 is 15.5 Å². The van der Waals surface area contributed by atoms with Gasteiger partial charge in [-0.3, -0.25) is 10.1 Å². The summed E-state index contributed by atoms with van der Waals surface area (Å²) >= 11 is 0. The molecule has 0 saturated heterocycles. The van der Waals surface area contributed by atoms with Crippen LogP contribution < -0.4 is 18.9 Å². The fraction of sp³-hybridized carbons (Fsp3) is 0.143. The van der Waals surface area contributed by atoms with Gasteiger partial charge in [0.15, 0.2) is 11.5 Å². The quantitative estimate of drug-likeness (QED) is 0.228. The summed E-state index contributed by atoms with van der Waals surface area (Å²) in [5, 5.41) is 11.0. The standard InChI is InChI=1S/C28H23NO8S/c1-18-16-25-26(17-27(18)38(32,33)24-14-8-21(9-15-24)29(30)31)37-28(36-25,19-4-10-22(34-2)11-5-19)20-6-12-23(35-3)13-7-20/h4-17H,1-3H3. The van der Waals surface area contributed by atoms with Gasteiger partial charge in [-0.15, -0.1) is 0 Å². The highest BCUT2D eigenvalue weighted by Gasteiger charge is 2.46. The lowest BCUT2D eigenvalue weighted by Gasteiger charge is -2.29. The molecule has 0 aliphatic carbocycles. The molecule has 1 aliphatic heterocycles. The normalized spacial score (nSPS) is 13.7. The second kappa shape index (κ2) is 9.38. The van der Waals surface area contributed by atoms with Crippen LogP contribution in [0.2, 0.25) is 0 Å². The number of aryl methyl sites for hydroxylation is 1. The van der Waals surface area contributed by atoms with Crippen LogP contribution in [0.5, 0.6) is 23.0 Å². The molecule has 0 saturated carbocycles. The van der Waals surface area contributed by atoms with Gasteiger partial charge in [-0.05, 0) is 79.2 Å². The van der Waals surface area contributed by atoms with Gasteiger partial charge in [0.25, 0.3) is 5.69 Å². The smallest absolute Gasteiger partial charge is 0.305 e. The van der Waals surface area contributed by atoms with Gasteiger partial charge < -0.3 is 18.9 Å². The Kier molecular flexibility index (Phi) is 6.20. The molecule has 1 heterocycles. The summed E-state index contributed by atoms with van der Waals surface area (Å²) in [5.41, 5.74) is 1.57. The Labute approximate surface area is 219 Å². The number of nitro benzene ring substituents is 1. The van der Waals surface area contributed by atoms with Gasteiger partial charge in [-0.2, -0.15) is 0 Å². The van der Waals surface area contributed by atoms with E-state index in [1.54, 1.807) is 51.5 Å². The SMILES string of the molecule is COc1ccc(C2(c3ccc(OC)cc3)Oc3cc(C)c(S(=O)(=O)c4ccc([N+](=O)[O-])cc4)cc3O2)cc1. The highest BCUT2D eigenvalue weighted by Crippen LogP contribution is 2.50. The van der Waals surface area contributed by atoms with Crippen molar-refractivity contribution < 1.29 is 32.3 Å². The minimum atomic E-state index is -4.01. The minimum Gasteiger partial charge on any atom is -0.497 e. The maximum absolute atomic E-state index is 13.5. The van der Waals surface area contributed by atoms with Crippen molar-refractivity contribution in [3.8, 4) is 23.0 Å². The largest absolute Gasteiger partial charge is 0.497 e. The van der Waals surface area contributed by atoms with Gasteiger partial charge in [0.05, 0.1) is 28.9 Å². The number of nitro groups is 1. The van der Waals surface area contributed by atoms with Gasteiger partial charge in [-0.25, -0.2) is 8.42 Å². The first-order valence-corrected chi connectivity index (χ1v) is 13.0. The van der Waals surface area contributed by atoms with Crippen LogP contribution in [0, 0.1) is 17.0 Å². The fourth-order valence-corrected chi connectivity index (χ4v) is 5.81. The lowest BCUT2D eigenvalue weighted by Crippen LogP contribution is -2.36. The van der Waals surface area contributed by atoms with E-state index >= 15 is 0 Å². The Balaban J connectivity index is 1.60. The Morgan fingerprint density at radius 2 is 1.24 bits per heavy atom. The number of hydrogen-bond acceptors (Lipinski definition) is 8. The van der Waals surface area contributed by atoms with Crippen LogP contribution in [0.3, 0.4) is 0 Å². The van der Waals surface area contributed by atoms with Gasteiger partial charge in [0.1, 0.15) is 11.5 Å². The van der Waals surface area contributed by atoms with E-state index in [0.717, 1.165) is 12.1 Å². The number of non-ortho nitro benzene ring substituents is 1. The van der Waals surface area contributed by atoms with E-state index in [1.807, 2.05) is 24.3 Å². The molecule has 4 aromatic rings. The molecule has 0 amide bonds. The minimum absolute atomic E-state index is 0.00830. The monoisotopic (exact) mass is 533 g/mol. The van der Waals surface area contributed by atoms with Gasteiger partial charge in [-0.1, -0.05) is 0 Å². The number of benzene rings is 4.